The SMILES string of the molecule is COc1cc(SC)ccc1NCC#Cc1cc2c(NC3=CCN(C(C)C)C=C3F)cccc2n1CC(F)(F)F. The van der Waals surface area contributed by atoms with E-state index in [1.807, 2.05) is 43.2 Å². The van der Waals surface area contributed by atoms with Gasteiger partial charge in [0, 0.05) is 34.8 Å². The molecule has 1 aromatic heterocycles. The van der Waals surface area contributed by atoms with E-state index in [1.165, 1.54) is 6.20 Å². The van der Waals surface area contributed by atoms with Crippen LogP contribution in [0, 0.1) is 11.8 Å². The van der Waals surface area contributed by atoms with E-state index in [0.29, 0.717) is 28.9 Å². The Morgan fingerprint density at radius 1 is 1.13 bits per heavy atom. The maximum atomic E-state index is 14.8. The molecule has 2 N–H and O–H groups in total. The summed E-state index contributed by atoms with van der Waals surface area (Å²) < 4.78 is 61.9. The smallest absolute Gasteiger partial charge is 0.406 e. The van der Waals surface area contributed by atoms with Gasteiger partial charge in [0.2, 0.25) is 0 Å². The fourth-order valence-corrected chi connectivity index (χ4v) is 4.67. The van der Waals surface area contributed by atoms with Gasteiger partial charge in [-0.25, -0.2) is 4.39 Å². The van der Waals surface area contributed by atoms with E-state index >= 15 is 0 Å². The second-order valence-corrected chi connectivity index (χ2v) is 10.1. The lowest BCUT2D eigenvalue weighted by Gasteiger charge is -2.27. The van der Waals surface area contributed by atoms with Crippen LogP contribution in [0.2, 0.25) is 0 Å². The van der Waals surface area contributed by atoms with Crippen LogP contribution in [0.25, 0.3) is 10.9 Å². The monoisotopic (exact) mass is 558 g/mol. The first-order valence-electron chi connectivity index (χ1n) is 12.3. The van der Waals surface area contributed by atoms with Gasteiger partial charge in [0.1, 0.15) is 12.3 Å². The number of benzene rings is 2. The Bertz CT molecular complexity index is 1460. The molecule has 0 atom stereocenters. The largest absolute Gasteiger partial charge is 0.495 e. The quantitative estimate of drug-likeness (QED) is 0.174. The number of ether oxygens (including phenoxy) is 1. The highest BCUT2D eigenvalue weighted by Gasteiger charge is 2.30. The van der Waals surface area contributed by atoms with Crippen molar-refractivity contribution in [2.75, 3.05) is 37.1 Å². The summed E-state index contributed by atoms with van der Waals surface area (Å²) in [4.78, 5) is 2.90. The molecule has 0 radical (unpaired) electrons. The van der Waals surface area contributed by atoms with Crippen LogP contribution in [-0.2, 0) is 6.54 Å². The molecule has 0 bridgehead atoms. The number of allylic oxidation sites excluding steroid dienone is 1. The lowest BCUT2D eigenvalue weighted by atomic mass is 10.1. The number of nitrogens with one attached hydrogen (secondary N) is 2. The Hall–Kier alpha value is -3.71. The maximum Gasteiger partial charge on any atom is 0.406 e. The second kappa shape index (κ2) is 12.0. The average Bonchev–Trinajstić information content (AvgIpc) is 3.24. The molecule has 1 aliphatic heterocycles. The molecule has 0 spiro atoms. The van der Waals surface area contributed by atoms with E-state index in [-0.39, 0.29) is 24.0 Å². The first-order valence-corrected chi connectivity index (χ1v) is 13.6. The average molecular weight is 559 g/mol. The maximum absolute atomic E-state index is 14.8. The summed E-state index contributed by atoms with van der Waals surface area (Å²) in [6, 6.07) is 12.4. The van der Waals surface area contributed by atoms with Crippen LogP contribution in [-0.4, -0.2) is 48.1 Å². The fraction of sp³-hybridized carbons (Fsp3) is 0.310. The summed E-state index contributed by atoms with van der Waals surface area (Å²) in [6.07, 6.45) is 0.689. The molecule has 5 nitrogen and oxygen atoms in total. The van der Waals surface area contributed by atoms with E-state index in [9.17, 15) is 17.6 Å². The van der Waals surface area contributed by atoms with Crippen LogP contribution in [0.1, 0.15) is 19.5 Å². The van der Waals surface area contributed by atoms with E-state index in [2.05, 4.69) is 22.5 Å². The normalized spacial score (nSPS) is 13.6. The summed E-state index contributed by atoms with van der Waals surface area (Å²) in [5.41, 5.74) is 2.08. The van der Waals surface area contributed by atoms with Gasteiger partial charge in [0.15, 0.2) is 5.83 Å². The standard InChI is InChI=1S/C29H30F4N4OS/c1-19(2)36-14-12-25(23(30)17-36)35-24-8-5-9-27-22(24)15-20(37(27)18-29(31,32)33)7-6-13-34-26-11-10-21(39-4)16-28(26)38-3/h5,8-12,15-17,19,34-35H,13-14,18H2,1-4H3. The van der Waals surface area contributed by atoms with Gasteiger partial charge < -0.3 is 24.8 Å². The molecule has 0 aliphatic carbocycles. The fourth-order valence-electron chi connectivity index (χ4n) is 4.24. The number of methoxy groups -OCH3 is 1. The molecule has 206 valence electrons. The summed E-state index contributed by atoms with van der Waals surface area (Å²) in [5, 5.41) is 6.75. The third-order valence-corrected chi connectivity index (χ3v) is 6.98. The molecular weight excluding hydrogens is 528 g/mol. The number of anilines is 2. The molecule has 0 saturated carbocycles. The lowest BCUT2D eigenvalue weighted by Crippen LogP contribution is -2.29. The zero-order chi connectivity index (χ0) is 28.2. The van der Waals surface area contributed by atoms with Crippen LogP contribution in [0.5, 0.6) is 5.75 Å². The van der Waals surface area contributed by atoms with Gasteiger partial charge in [0.05, 0.1) is 36.2 Å². The minimum atomic E-state index is -4.45. The minimum absolute atomic E-state index is 0.139. The number of alkyl halides is 3. The summed E-state index contributed by atoms with van der Waals surface area (Å²) in [5.74, 6) is 6.03. The number of hydrogen-bond donors (Lipinski definition) is 2. The van der Waals surface area contributed by atoms with Crippen LogP contribution >= 0.6 is 11.8 Å². The number of fused-ring (bicyclic) bond motifs is 1. The highest BCUT2D eigenvalue weighted by Crippen LogP contribution is 2.32. The second-order valence-electron chi connectivity index (χ2n) is 9.20. The molecule has 2 heterocycles. The Balaban J connectivity index is 1.62. The Kier molecular flexibility index (Phi) is 8.70. The van der Waals surface area contributed by atoms with E-state index in [1.54, 1.807) is 49.2 Å². The molecule has 2 aromatic carbocycles. The van der Waals surface area contributed by atoms with Crippen molar-refractivity contribution >= 4 is 34.0 Å². The van der Waals surface area contributed by atoms with Crippen molar-refractivity contribution in [3.8, 4) is 17.6 Å². The van der Waals surface area contributed by atoms with Gasteiger partial charge in [-0.1, -0.05) is 12.0 Å². The Morgan fingerprint density at radius 3 is 2.59 bits per heavy atom. The zero-order valence-corrected chi connectivity index (χ0v) is 22.9. The summed E-state index contributed by atoms with van der Waals surface area (Å²) >= 11 is 1.59. The Morgan fingerprint density at radius 2 is 1.92 bits per heavy atom. The molecule has 3 aromatic rings. The molecule has 0 saturated heterocycles. The van der Waals surface area contributed by atoms with Crippen molar-refractivity contribution in [3.05, 3.63) is 72.0 Å². The van der Waals surface area contributed by atoms with Crippen molar-refractivity contribution < 1.29 is 22.3 Å². The van der Waals surface area contributed by atoms with Gasteiger partial charge in [0.25, 0.3) is 0 Å². The molecule has 10 heteroatoms. The van der Waals surface area contributed by atoms with Crippen LogP contribution in [0.15, 0.2) is 71.2 Å². The molecule has 1 aliphatic rings. The number of hydrogen-bond acceptors (Lipinski definition) is 5. The molecule has 39 heavy (non-hydrogen) atoms. The van der Waals surface area contributed by atoms with Gasteiger partial charge in [-0.2, -0.15) is 13.2 Å². The molecular formula is C29H30F4N4OS. The predicted octanol–water partition coefficient (Wildman–Crippen LogP) is 7.23. The predicted molar refractivity (Wildman–Crippen MR) is 151 cm³/mol. The van der Waals surface area contributed by atoms with Crippen LogP contribution < -0.4 is 15.4 Å². The molecule has 0 amide bonds. The number of thioether (sulfide) groups is 1. The third-order valence-electron chi connectivity index (χ3n) is 6.25. The Labute approximate surface area is 229 Å². The van der Waals surface area contributed by atoms with E-state index < -0.39 is 18.5 Å². The lowest BCUT2D eigenvalue weighted by molar-refractivity contribution is -0.140. The number of aromatic nitrogens is 1. The van der Waals surface area contributed by atoms with Crippen molar-refractivity contribution in [2.24, 2.45) is 0 Å². The molecule has 0 unspecified atom stereocenters. The summed E-state index contributed by atoms with van der Waals surface area (Å²) in [7, 11) is 1.57. The van der Waals surface area contributed by atoms with Crippen molar-refractivity contribution in [3.63, 3.8) is 0 Å². The van der Waals surface area contributed by atoms with Crippen LogP contribution in [0.4, 0.5) is 28.9 Å². The van der Waals surface area contributed by atoms with E-state index in [4.69, 9.17) is 4.74 Å². The first kappa shape index (κ1) is 28.3. The van der Waals surface area contributed by atoms with E-state index in [0.717, 1.165) is 15.1 Å². The van der Waals surface area contributed by atoms with Crippen molar-refractivity contribution in [2.45, 2.75) is 37.5 Å². The number of rotatable bonds is 8. The van der Waals surface area contributed by atoms with Crippen molar-refractivity contribution in [1.82, 2.24) is 9.47 Å². The zero-order valence-electron chi connectivity index (χ0n) is 22.1. The topological polar surface area (TPSA) is 41.5 Å². The highest BCUT2D eigenvalue weighted by molar-refractivity contribution is 7.98. The van der Waals surface area contributed by atoms with Gasteiger partial charge >= 0.3 is 6.18 Å². The number of nitrogens with zero attached hydrogens (tertiary/aromatic N) is 2. The summed E-state index contributed by atoms with van der Waals surface area (Å²) in [6.45, 7) is 3.46. The van der Waals surface area contributed by atoms with Gasteiger partial charge in [-0.15, -0.1) is 11.8 Å². The van der Waals surface area contributed by atoms with Gasteiger partial charge in [-0.3, -0.25) is 0 Å². The minimum Gasteiger partial charge on any atom is -0.495 e. The van der Waals surface area contributed by atoms with Crippen molar-refractivity contribution in [1.29, 1.82) is 0 Å². The molecule has 0 fully saturated rings. The highest BCUT2D eigenvalue weighted by atomic mass is 32.2. The van der Waals surface area contributed by atoms with Crippen LogP contribution in [0.3, 0.4) is 0 Å². The third kappa shape index (κ3) is 6.84. The molecule has 4 rings (SSSR count). The first-order chi connectivity index (χ1) is 18.6. The number of halogens is 4. The van der Waals surface area contributed by atoms with Gasteiger partial charge in [-0.05, 0) is 68.5 Å².